The molecular weight excluding hydrogens is 508 g/mol. The van der Waals surface area contributed by atoms with Gasteiger partial charge in [-0.05, 0) is 43.5 Å². The Morgan fingerprint density at radius 2 is 2.02 bits per heavy atom. The molecule has 0 bridgehead atoms. The van der Waals surface area contributed by atoms with Crippen LogP contribution in [0.3, 0.4) is 0 Å². The van der Waals surface area contributed by atoms with E-state index in [-0.39, 0.29) is 17.9 Å². The van der Waals surface area contributed by atoms with Gasteiger partial charge in [0, 0.05) is 57.6 Å². The molecule has 2 saturated heterocycles. The van der Waals surface area contributed by atoms with Crippen molar-refractivity contribution in [1.82, 2.24) is 25.1 Å². The molecule has 40 heavy (non-hydrogen) atoms. The van der Waals surface area contributed by atoms with Gasteiger partial charge >= 0.3 is 0 Å². The Hall–Kier alpha value is -3.98. The molecule has 0 radical (unpaired) electrons. The zero-order valence-corrected chi connectivity index (χ0v) is 23.0. The summed E-state index contributed by atoms with van der Waals surface area (Å²) in [4.78, 5) is 16.0. The van der Waals surface area contributed by atoms with Gasteiger partial charge in [-0.2, -0.15) is 0 Å². The lowest BCUT2D eigenvalue weighted by atomic mass is 10.1. The van der Waals surface area contributed by atoms with Gasteiger partial charge in [0.05, 0.1) is 37.2 Å². The molecule has 2 aromatic heterocycles. The fraction of sp³-hybridized carbons (Fsp3) is 0.448. The topological polar surface area (TPSA) is 126 Å². The lowest BCUT2D eigenvalue weighted by Crippen LogP contribution is -2.44. The summed E-state index contributed by atoms with van der Waals surface area (Å²) in [6.45, 7) is 8.03. The van der Waals surface area contributed by atoms with Crippen molar-refractivity contribution in [2.45, 2.75) is 25.5 Å². The van der Waals surface area contributed by atoms with E-state index >= 15 is 0 Å². The first-order chi connectivity index (χ1) is 19.5. The van der Waals surface area contributed by atoms with Crippen LogP contribution in [-0.4, -0.2) is 102 Å². The second kappa shape index (κ2) is 12.9. The maximum absolute atomic E-state index is 10.3. The van der Waals surface area contributed by atoms with Crippen LogP contribution in [0.5, 0.6) is 5.75 Å². The highest BCUT2D eigenvalue weighted by molar-refractivity contribution is 5.74. The third-order valence-electron chi connectivity index (χ3n) is 7.30. The van der Waals surface area contributed by atoms with Crippen LogP contribution in [0, 0.1) is 11.8 Å². The standard InChI is InChI=1S/C29H36N8O3/c1-21-10-13-36(25-18-24(33-34-29(25)30)23-6-3-4-7-26(23)38)14-15-37(21)28-9-11-31-27(32-28)8-5-12-35-16-17-40-22(19-35)20-39-2/h3-4,6-7,9,11,18,21-22,38H,10,12-17,19-20H2,1-2H3,(H2,30,34)/t21-,22+/m1/s1. The monoisotopic (exact) mass is 544 g/mol. The van der Waals surface area contributed by atoms with Crippen LogP contribution in [0.25, 0.3) is 11.3 Å². The van der Waals surface area contributed by atoms with Crippen molar-refractivity contribution in [1.29, 1.82) is 0 Å². The predicted octanol–water partition coefficient (Wildman–Crippen LogP) is 2.03. The molecule has 0 saturated carbocycles. The lowest BCUT2D eigenvalue weighted by Gasteiger charge is -2.31. The minimum Gasteiger partial charge on any atom is -0.507 e. The van der Waals surface area contributed by atoms with E-state index in [2.05, 4.69) is 48.6 Å². The summed E-state index contributed by atoms with van der Waals surface area (Å²) in [5.74, 6) is 8.27. The molecule has 0 amide bonds. The Labute approximate surface area is 234 Å². The number of aromatic nitrogens is 4. The van der Waals surface area contributed by atoms with Crippen molar-refractivity contribution in [3.8, 4) is 28.8 Å². The Morgan fingerprint density at radius 1 is 1.15 bits per heavy atom. The van der Waals surface area contributed by atoms with Gasteiger partial charge in [0.1, 0.15) is 11.6 Å². The number of nitrogens with zero attached hydrogens (tertiary/aromatic N) is 7. The fourth-order valence-electron chi connectivity index (χ4n) is 5.12. The number of ether oxygens (including phenoxy) is 2. The highest BCUT2D eigenvalue weighted by atomic mass is 16.5. The Kier molecular flexibility index (Phi) is 8.91. The van der Waals surface area contributed by atoms with Crippen LogP contribution >= 0.6 is 0 Å². The average Bonchev–Trinajstić information content (AvgIpc) is 3.16. The Morgan fingerprint density at radius 3 is 2.88 bits per heavy atom. The molecule has 0 aliphatic carbocycles. The van der Waals surface area contributed by atoms with Crippen molar-refractivity contribution in [3.63, 3.8) is 0 Å². The normalized spacial score (nSPS) is 20.1. The predicted molar refractivity (Wildman–Crippen MR) is 154 cm³/mol. The summed E-state index contributed by atoms with van der Waals surface area (Å²) in [6, 6.07) is 11.2. The number of anilines is 3. The van der Waals surface area contributed by atoms with Gasteiger partial charge in [-0.25, -0.2) is 9.97 Å². The van der Waals surface area contributed by atoms with E-state index in [0.717, 1.165) is 50.6 Å². The van der Waals surface area contributed by atoms with Gasteiger partial charge in [-0.1, -0.05) is 18.1 Å². The molecular formula is C29H36N8O3. The first kappa shape index (κ1) is 27.6. The Bertz CT molecular complexity index is 1360. The molecule has 3 aromatic rings. The summed E-state index contributed by atoms with van der Waals surface area (Å²) < 4.78 is 10.9. The fourth-order valence-corrected chi connectivity index (χ4v) is 5.12. The van der Waals surface area contributed by atoms with E-state index in [1.807, 2.05) is 24.3 Å². The van der Waals surface area contributed by atoms with Gasteiger partial charge in [-0.15, -0.1) is 10.2 Å². The van der Waals surface area contributed by atoms with E-state index in [0.29, 0.717) is 42.7 Å². The summed E-state index contributed by atoms with van der Waals surface area (Å²) in [7, 11) is 1.69. The lowest BCUT2D eigenvalue weighted by molar-refractivity contribution is -0.0575. The minimum atomic E-state index is 0.0829. The second-order valence-electron chi connectivity index (χ2n) is 10.1. The molecule has 210 valence electrons. The van der Waals surface area contributed by atoms with Gasteiger partial charge in [0.25, 0.3) is 0 Å². The number of nitrogen functional groups attached to an aromatic ring is 1. The number of methoxy groups -OCH3 is 1. The van der Waals surface area contributed by atoms with Crippen LogP contribution in [0.4, 0.5) is 17.3 Å². The quantitative estimate of drug-likeness (QED) is 0.443. The van der Waals surface area contributed by atoms with Crippen LogP contribution in [0.1, 0.15) is 19.2 Å². The number of morpholine rings is 1. The molecule has 2 atom stereocenters. The van der Waals surface area contributed by atoms with Crippen LogP contribution in [-0.2, 0) is 9.47 Å². The summed E-state index contributed by atoms with van der Waals surface area (Å²) in [5, 5.41) is 18.7. The number of para-hydroxylation sites is 1. The molecule has 0 spiro atoms. The largest absolute Gasteiger partial charge is 0.507 e. The van der Waals surface area contributed by atoms with Crippen LogP contribution in [0.2, 0.25) is 0 Å². The number of phenolic OH excluding ortho intramolecular Hbond substituents is 1. The van der Waals surface area contributed by atoms with Crippen molar-refractivity contribution < 1.29 is 14.6 Å². The van der Waals surface area contributed by atoms with Crippen LogP contribution < -0.4 is 15.5 Å². The molecule has 2 fully saturated rings. The SMILES string of the molecule is COC[C@@H]1CN(CC#Cc2nccc(N3CCN(c4cc(-c5ccccc5O)nnc4N)CC[C@H]3C)n2)CCO1. The third kappa shape index (κ3) is 6.59. The number of benzene rings is 1. The van der Waals surface area contributed by atoms with Crippen LogP contribution in [0.15, 0.2) is 42.6 Å². The molecule has 5 rings (SSSR count). The summed E-state index contributed by atoms with van der Waals surface area (Å²) >= 11 is 0. The molecule has 3 N–H and O–H groups in total. The van der Waals surface area contributed by atoms with E-state index < -0.39 is 0 Å². The highest BCUT2D eigenvalue weighted by Gasteiger charge is 2.25. The molecule has 4 heterocycles. The zero-order chi connectivity index (χ0) is 27.9. The van der Waals surface area contributed by atoms with Gasteiger partial charge in [0.2, 0.25) is 5.82 Å². The third-order valence-corrected chi connectivity index (χ3v) is 7.30. The maximum Gasteiger partial charge on any atom is 0.206 e. The van der Waals surface area contributed by atoms with E-state index in [4.69, 9.17) is 20.2 Å². The Balaban J connectivity index is 1.26. The summed E-state index contributed by atoms with van der Waals surface area (Å²) in [6.07, 6.45) is 2.76. The van der Waals surface area contributed by atoms with Crippen molar-refractivity contribution in [3.05, 3.63) is 48.4 Å². The molecule has 0 unspecified atom stereocenters. The van der Waals surface area contributed by atoms with Gasteiger partial charge in [-0.3, -0.25) is 4.90 Å². The van der Waals surface area contributed by atoms with E-state index in [9.17, 15) is 5.11 Å². The molecule has 11 heteroatoms. The van der Waals surface area contributed by atoms with Gasteiger partial charge < -0.3 is 30.1 Å². The smallest absolute Gasteiger partial charge is 0.206 e. The number of hydrogen-bond donors (Lipinski definition) is 2. The summed E-state index contributed by atoms with van der Waals surface area (Å²) in [5.41, 5.74) is 8.29. The number of nitrogens with two attached hydrogens (primary N) is 1. The van der Waals surface area contributed by atoms with Gasteiger partial charge in [0.15, 0.2) is 5.82 Å². The first-order valence-electron chi connectivity index (χ1n) is 13.6. The van der Waals surface area contributed by atoms with E-state index in [1.54, 1.807) is 25.4 Å². The molecule has 11 nitrogen and oxygen atoms in total. The number of hydrogen-bond acceptors (Lipinski definition) is 11. The van der Waals surface area contributed by atoms with Crippen molar-refractivity contribution >= 4 is 17.3 Å². The van der Waals surface area contributed by atoms with E-state index in [1.165, 1.54) is 0 Å². The molecule has 2 aliphatic heterocycles. The minimum absolute atomic E-state index is 0.0829. The zero-order valence-electron chi connectivity index (χ0n) is 23.0. The van der Waals surface area contributed by atoms with Crippen molar-refractivity contribution in [2.24, 2.45) is 0 Å². The highest BCUT2D eigenvalue weighted by Crippen LogP contribution is 2.32. The maximum atomic E-state index is 10.3. The molecule has 1 aromatic carbocycles. The van der Waals surface area contributed by atoms with Crippen molar-refractivity contribution in [2.75, 3.05) is 75.1 Å². The average molecular weight is 545 g/mol. The number of aromatic hydroxyl groups is 1. The number of phenols is 1. The number of rotatable bonds is 6. The molecule has 2 aliphatic rings. The first-order valence-corrected chi connectivity index (χ1v) is 13.6. The second-order valence-corrected chi connectivity index (χ2v) is 10.1.